The molecule has 0 bridgehead atoms. The first kappa shape index (κ1) is 14.6. The molecule has 2 aliphatic rings. The highest BCUT2D eigenvalue weighted by Gasteiger charge is 2.45. The number of aliphatic imine (C=N–C) groups is 1. The Kier molecular flexibility index (Phi) is 5.06. The quantitative estimate of drug-likeness (QED) is 0.527. The van der Waals surface area contributed by atoms with Gasteiger partial charge in [0.25, 0.3) is 0 Å². The maximum absolute atomic E-state index is 15.3. The Balaban J connectivity index is 2.06. The average molecular weight is 279 g/mol. The van der Waals surface area contributed by atoms with Gasteiger partial charge >= 0.3 is 0 Å². The fraction of sp³-hybridized carbons (Fsp3) is 0.688. The molecule has 2 rings (SSSR count). The maximum atomic E-state index is 15.3. The summed E-state index contributed by atoms with van der Waals surface area (Å²) in [6.07, 6.45) is 13.9. The monoisotopic (exact) mass is 279 g/mol. The molecule has 1 saturated carbocycles. The zero-order valence-corrected chi connectivity index (χ0v) is 12.3. The third-order valence-corrected chi connectivity index (χ3v) is 4.68. The fourth-order valence-electron chi connectivity index (χ4n) is 3.50. The molecular weight excluding hydrogens is 257 g/mol. The summed E-state index contributed by atoms with van der Waals surface area (Å²) in [6, 6.07) is -0.484. The molecule has 0 saturated heterocycles. The first-order chi connectivity index (χ1) is 9.20. The molecule has 3 heteroatoms. The van der Waals surface area contributed by atoms with Gasteiger partial charge in [-0.15, -0.1) is 0 Å². The summed E-state index contributed by atoms with van der Waals surface area (Å²) < 4.78 is 15.3. The van der Waals surface area contributed by atoms with Gasteiger partial charge in [-0.3, -0.25) is 0 Å². The van der Waals surface area contributed by atoms with Gasteiger partial charge in [0.1, 0.15) is 6.04 Å². The largest absolute Gasteiger partial charge is 0.236 e. The Labute approximate surface area is 120 Å². The highest BCUT2D eigenvalue weighted by atomic mass is 32.1. The topological polar surface area (TPSA) is 12.4 Å². The zero-order chi connectivity index (χ0) is 13.7. The normalized spacial score (nSPS) is 37.9. The van der Waals surface area contributed by atoms with Crippen LogP contribution in [0.15, 0.2) is 29.3 Å². The highest BCUT2D eigenvalue weighted by Crippen LogP contribution is 2.43. The van der Waals surface area contributed by atoms with E-state index in [-0.39, 0.29) is 5.92 Å². The molecule has 0 radical (unpaired) electrons. The van der Waals surface area contributed by atoms with E-state index in [1.165, 1.54) is 12.8 Å². The maximum Gasteiger partial charge on any atom is 0.158 e. The summed E-state index contributed by atoms with van der Waals surface area (Å²) in [7, 11) is 0. The van der Waals surface area contributed by atoms with Crippen LogP contribution in [0.2, 0.25) is 0 Å². The van der Waals surface area contributed by atoms with Crippen LogP contribution in [0.25, 0.3) is 0 Å². The highest BCUT2D eigenvalue weighted by molar-refractivity contribution is 7.78. The van der Waals surface area contributed by atoms with E-state index in [0.717, 1.165) is 31.6 Å². The van der Waals surface area contributed by atoms with Crippen molar-refractivity contribution in [2.75, 3.05) is 0 Å². The second-order valence-electron chi connectivity index (χ2n) is 5.74. The minimum atomic E-state index is -1.36. The van der Waals surface area contributed by atoms with Crippen LogP contribution >= 0.6 is 12.2 Å². The van der Waals surface area contributed by atoms with E-state index in [2.05, 4.69) is 29.3 Å². The van der Waals surface area contributed by atoms with Crippen molar-refractivity contribution < 1.29 is 4.39 Å². The predicted octanol–water partition coefficient (Wildman–Crippen LogP) is 4.90. The lowest BCUT2D eigenvalue weighted by Gasteiger charge is -2.39. The van der Waals surface area contributed by atoms with E-state index in [4.69, 9.17) is 0 Å². The van der Waals surface area contributed by atoms with Gasteiger partial charge in [-0.25, -0.2) is 9.38 Å². The minimum absolute atomic E-state index is 0.0684. The predicted molar refractivity (Wildman–Crippen MR) is 81.3 cm³/mol. The lowest BCUT2D eigenvalue weighted by Crippen LogP contribution is -2.43. The first-order valence-electron chi connectivity index (χ1n) is 7.32. The van der Waals surface area contributed by atoms with Gasteiger partial charge in [0.2, 0.25) is 0 Å². The lowest BCUT2D eigenvalue weighted by molar-refractivity contribution is 0.0760. The third-order valence-electron chi connectivity index (χ3n) is 4.57. The Bertz CT molecular complexity index is 403. The van der Waals surface area contributed by atoms with Gasteiger partial charge in [-0.1, -0.05) is 50.8 Å². The Morgan fingerprint density at radius 1 is 1.32 bits per heavy atom. The summed E-state index contributed by atoms with van der Waals surface area (Å²) >= 11 is 4.65. The molecule has 0 aromatic heterocycles. The molecule has 1 nitrogen and oxygen atoms in total. The number of allylic oxidation sites excluding steroid dienone is 2. The molecular formula is C16H22FNS. The first-order valence-corrected chi connectivity index (χ1v) is 7.73. The number of hydrogen-bond donors (Lipinski definition) is 0. The van der Waals surface area contributed by atoms with Gasteiger partial charge in [-0.05, 0) is 43.0 Å². The van der Waals surface area contributed by atoms with Crippen molar-refractivity contribution in [2.24, 2.45) is 16.8 Å². The number of nitrogens with zero attached hydrogens (tertiary/aromatic N) is 1. The molecule has 0 amide bonds. The van der Waals surface area contributed by atoms with Gasteiger partial charge in [0.05, 0.1) is 5.16 Å². The SMILES string of the molecule is CCCC1CCC(C2(F)C=CC=CC2N=C=S)CC1. The van der Waals surface area contributed by atoms with Crippen molar-refractivity contribution >= 4 is 17.4 Å². The number of thiocarbonyl (C=S) groups is 1. The van der Waals surface area contributed by atoms with Crippen LogP contribution in [-0.2, 0) is 0 Å². The Morgan fingerprint density at radius 3 is 2.68 bits per heavy atom. The number of alkyl halides is 1. The van der Waals surface area contributed by atoms with Crippen molar-refractivity contribution in [2.45, 2.75) is 57.2 Å². The molecule has 0 aromatic rings. The Hall–Kier alpha value is -0.790. The van der Waals surface area contributed by atoms with Crippen molar-refractivity contribution in [1.29, 1.82) is 0 Å². The van der Waals surface area contributed by atoms with E-state index >= 15 is 4.39 Å². The van der Waals surface area contributed by atoms with Crippen LogP contribution in [0.1, 0.15) is 45.4 Å². The van der Waals surface area contributed by atoms with Crippen LogP contribution in [0.5, 0.6) is 0 Å². The van der Waals surface area contributed by atoms with Crippen molar-refractivity contribution in [3.05, 3.63) is 24.3 Å². The summed E-state index contributed by atoms with van der Waals surface area (Å²) in [6.45, 7) is 2.22. The van der Waals surface area contributed by atoms with Crippen molar-refractivity contribution in [3.8, 4) is 0 Å². The summed E-state index contributed by atoms with van der Waals surface area (Å²) in [5.41, 5.74) is -1.36. The van der Waals surface area contributed by atoms with E-state index in [1.807, 2.05) is 6.08 Å². The summed E-state index contributed by atoms with van der Waals surface area (Å²) in [5.74, 6) is 0.860. The third kappa shape index (κ3) is 3.21. The minimum Gasteiger partial charge on any atom is -0.236 e. The standard InChI is InChI=1S/C16H22FNS/c1-2-5-13-7-9-14(10-8-13)16(17)11-4-3-6-15(16)18-12-19/h3-4,6,11,13-15H,2,5,7-10H2,1H3. The smallest absolute Gasteiger partial charge is 0.158 e. The van der Waals surface area contributed by atoms with Gasteiger partial charge in [0, 0.05) is 0 Å². The summed E-state index contributed by atoms with van der Waals surface area (Å²) in [5, 5.41) is 2.34. The van der Waals surface area contributed by atoms with Crippen LogP contribution in [0, 0.1) is 11.8 Å². The molecule has 1 fully saturated rings. The molecule has 104 valence electrons. The second-order valence-corrected chi connectivity index (χ2v) is 5.93. The molecule has 2 atom stereocenters. The molecule has 0 aliphatic heterocycles. The van der Waals surface area contributed by atoms with Gasteiger partial charge in [0.15, 0.2) is 5.67 Å². The van der Waals surface area contributed by atoms with Gasteiger partial charge in [-0.2, -0.15) is 0 Å². The molecule has 0 spiro atoms. The van der Waals surface area contributed by atoms with E-state index in [1.54, 1.807) is 18.2 Å². The number of hydrogen-bond acceptors (Lipinski definition) is 2. The van der Waals surface area contributed by atoms with Crippen LogP contribution in [0.4, 0.5) is 4.39 Å². The van der Waals surface area contributed by atoms with Crippen LogP contribution < -0.4 is 0 Å². The van der Waals surface area contributed by atoms with Crippen LogP contribution in [0.3, 0.4) is 0 Å². The number of rotatable bonds is 4. The Morgan fingerprint density at radius 2 is 2.05 bits per heavy atom. The van der Waals surface area contributed by atoms with E-state index < -0.39 is 11.7 Å². The number of halogens is 1. The average Bonchev–Trinajstić information content (AvgIpc) is 2.43. The van der Waals surface area contributed by atoms with E-state index in [0.29, 0.717) is 0 Å². The zero-order valence-electron chi connectivity index (χ0n) is 11.5. The molecule has 2 aliphatic carbocycles. The molecule has 2 unspecified atom stereocenters. The summed E-state index contributed by atoms with van der Waals surface area (Å²) in [4.78, 5) is 4.02. The number of isothiocyanates is 1. The fourth-order valence-corrected chi connectivity index (χ4v) is 3.61. The van der Waals surface area contributed by atoms with Crippen molar-refractivity contribution in [1.82, 2.24) is 0 Å². The van der Waals surface area contributed by atoms with Gasteiger partial charge < -0.3 is 0 Å². The molecule has 0 N–H and O–H groups in total. The molecule has 0 heterocycles. The van der Waals surface area contributed by atoms with Crippen molar-refractivity contribution in [3.63, 3.8) is 0 Å². The van der Waals surface area contributed by atoms with Crippen LogP contribution in [-0.4, -0.2) is 16.9 Å². The molecule has 0 aromatic carbocycles. The lowest BCUT2D eigenvalue weighted by atomic mass is 9.70. The van der Waals surface area contributed by atoms with E-state index in [9.17, 15) is 0 Å². The second kappa shape index (κ2) is 6.58. The molecule has 19 heavy (non-hydrogen) atoms.